The van der Waals surface area contributed by atoms with Crippen LogP contribution in [0.2, 0.25) is 0 Å². The van der Waals surface area contributed by atoms with E-state index in [-0.39, 0.29) is 0 Å². The van der Waals surface area contributed by atoms with Crippen LogP contribution in [0.5, 0.6) is 0 Å². The SMILES string of the molecule is CN(C)S(=O)(=O)c1ccc(NCCCCCCl)cc1. The highest BCUT2D eigenvalue weighted by molar-refractivity contribution is 7.89. The second kappa shape index (κ2) is 7.72. The Balaban J connectivity index is 2.53. The Kier molecular flexibility index (Phi) is 6.62. The third-order valence-electron chi connectivity index (χ3n) is 2.77. The molecule has 0 radical (unpaired) electrons. The van der Waals surface area contributed by atoms with Gasteiger partial charge in [0.15, 0.2) is 0 Å². The smallest absolute Gasteiger partial charge is 0.242 e. The van der Waals surface area contributed by atoms with Crippen LogP contribution in [0.15, 0.2) is 29.2 Å². The van der Waals surface area contributed by atoms with Crippen LogP contribution in [0, 0.1) is 0 Å². The van der Waals surface area contributed by atoms with Gasteiger partial charge in [0.05, 0.1) is 4.90 Å². The predicted molar refractivity (Wildman–Crippen MR) is 80.4 cm³/mol. The van der Waals surface area contributed by atoms with E-state index >= 15 is 0 Å². The first-order valence-corrected chi connectivity index (χ1v) is 8.28. The standard InChI is InChI=1S/C13H21ClN2O2S/c1-16(2)19(17,18)13-8-6-12(7-9-13)15-11-5-3-4-10-14/h6-9,15H,3-5,10-11H2,1-2H3. The molecule has 0 aromatic heterocycles. The van der Waals surface area contributed by atoms with Crippen molar-refractivity contribution < 1.29 is 8.42 Å². The van der Waals surface area contributed by atoms with Crippen molar-refractivity contribution in [2.45, 2.75) is 24.2 Å². The molecule has 1 N–H and O–H groups in total. The van der Waals surface area contributed by atoms with Crippen molar-refractivity contribution in [2.75, 3.05) is 31.8 Å². The topological polar surface area (TPSA) is 49.4 Å². The summed E-state index contributed by atoms with van der Waals surface area (Å²) in [6.45, 7) is 0.872. The molecule has 0 unspecified atom stereocenters. The van der Waals surface area contributed by atoms with E-state index < -0.39 is 10.0 Å². The number of benzene rings is 1. The number of nitrogens with zero attached hydrogens (tertiary/aromatic N) is 1. The molecule has 108 valence electrons. The number of anilines is 1. The minimum Gasteiger partial charge on any atom is -0.385 e. The lowest BCUT2D eigenvalue weighted by Crippen LogP contribution is -2.22. The van der Waals surface area contributed by atoms with E-state index in [4.69, 9.17) is 11.6 Å². The lowest BCUT2D eigenvalue weighted by atomic mass is 10.2. The molecule has 1 aromatic rings. The molecule has 1 rings (SSSR count). The molecule has 0 aliphatic rings. The van der Waals surface area contributed by atoms with E-state index in [9.17, 15) is 8.42 Å². The summed E-state index contributed by atoms with van der Waals surface area (Å²) < 4.78 is 24.9. The largest absolute Gasteiger partial charge is 0.385 e. The van der Waals surface area contributed by atoms with Gasteiger partial charge in [-0.05, 0) is 37.1 Å². The van der Waals surface area contributed by atoms with Crippen molar-refractivity contribution in [1.82, 2.24) is 4.31 Å². The summed E-state index contributed by atoms with van der Waals surface area (Å²) in [4.78, 5) is 0.310. The van der Waals surface area contributed by atoms with Crippen molar-refractivity contribution in [3.63, 3.8) is 0 Å². The lowest BCUT2D eigenvalue weighted by molar-refractivity contribution is 0.521. The Bertz CT molecular complexity index is 472. The second-order valence-electron chi connectivity index (χ2n) is 4.49. The molecule has 0 saturated carbocycles. The molecule has 0 amide bonds. The zero-order valence-electron chi connectivity index (χ0n) is 11.4. The van der Waals surface area contributed by atoms with Gasteiger partial charge >= 0.3 is 0 Å². The fourth-order valence-electron chi connectivity index (χ4n) is 1.58. The number of hydrogen-bond donors (Lipinski definition) is 1. The number of alkyl halides is 1. The Morgan fingerprint density at radius 3 is 2.26 bits per heavy atom. The highest BCUT2D eigenvalue weighted by Crippen LogP contribution is 2.16. The molecule has 0 bridgehead atoms. The van der Waals surface area contributed by atoms with Crippen LogP contribution in [0.4, 0.5) is 5.69 Å². The lowest BCUT2D eigenvalue weighted by Gasteiger charge is -2.12. The predicted octanol–water partition coefficient (Wildman–Crippen LogP) is 2.76. The van der Waals surface area contributed by atoms with E-state index in [2.05, 4.69) is 5.32 Å². The minimum absolute atomic E-state index is 0.310. The van der Waals surface area contributed by atoms with Crippen molar-refractivity contribution >= 4 is 27.3 Å². The molecule has 1 aromatic carbocycles. The molecule has 0 aliphatic heterocycles. The quantitative estimate of drug-likeness (QED) is 0.593. The van der Waals surface area contributed by atoms with Gasteiger partial charge in [-0.3, -0.25) is 0 Å². The zero-order valence-corrected chi connectivity index (χ0v) is 13.0. The monoisotopic (exact) mass is 304 g/mol. The van der Waals surface area contributed by atoms with E-state index in [0.717, 1.165) is 31.5 Å². The maximum Gasteiger partial charge on any atom is 0.242 e. The number of hydrogen-bond acceptors (Lipinski definition) is 3. The third-order valence-corrected chi connectivity index (χ3v) is 4.87. The minimum atomic E-state index is -3.34. The molecular weight excluding hydrogens is 284 g/mol. The van der Waals surface area contributed by atoms with Gasteiger partial charge in [-0.2, -0.15) is 0 Å². The number of sulfonamides is 1. The molecule has 4 nitrogen and oxygen atoms in total. The molecule has 0 atom stereocenters. The van der Waals surface area contributed by atoms with E-state index in [1.807, 2.05) is 0 Å². The summed E-state index contributed by atoms with van der Waals surface area (Å²) in [6.07, 6.45) is 3.19. The first kappa shape index (κ1) is 16.3. The number of nitrogens with one attached hydrogen (secondary N) is 1. The Morgan fingerprint density at radius 2 is 1.74 bits per heavy atom. The summed E-state index contributed by atoms with van der Waals surface area (Å²) in [5.41, 5.74) is 0.934. The third kappa shape index (κ3) is 5.01. The van der Waals surface area contributed by atoms with Crippen LogP contribution in [0.1, 0.15) is 19.3 Å². The molecule has 0 aliphatic carbocycles. The van der Waals surface area contributed by atoms with Crippen LogP contribution in [0.25, 0.3) is 0 Å². The fraction of sp³-hybridized carbons (Fsp3) is 0.538. The highest BCUT2D eigenvalue weighted by atomic mass is 35.5. The summed E-state index contributed by atoms with van der Waals surface area (Å²) in [5, 5.41) is 3.26. The van der Waals surface area contributed by atoms with Gasteiger partial charge in [0.2, 0.25) is 10.0 Å². The summed E-state index contributed by atoms with van der Waals surface area (Å²) >= 11 is 5.60. The van der Waals surface area contributed by atoms with E-state index in [1.54, 1.807) is 24.3 Å². The van der Waals surface area contributed by atoms with Crippen molar-refractivity contribution in [1.29, 1.82) is 0 Å². The first-order valence-electron chi connectivity index (χ1n) is 6.31. The van der Waals surface area contributed by atoms with Gasteiger partial charge in [-0.1, -0.05) is 6.42 Å². The second-order valence-corrected chi connectivity index (χ2v) is 7.02. The van der Waals surface area contributed by atoms with Crippen LogP contribution in [-0.2, 0) is 10.0 Å². The van der Waals surface area contributed by atoms with Gasteiger partial charge < -0.3 is 5.32 Å². The molecule has 0 saturated heterocycles. The van der Waals surface area contributed by atoms with Gasteiger partial charge in [-0.25, -0.2) is 12.7 Å². The Morgan fingerprint density at radius 1 is 1.11 bits per heavy atom. The number of unbranched alkanes of at least 4 members (excludes halogenated alkanes) is 2. The van der Waals surface area contributed by atoms with E-state index in [1.165, 1.54) is 18.4 Å². The van der Waals surface area contributed by atoms with Crippen molar-refractivity contribution in [2.24, 2.45) is 0 Å². The fourth-order valence-corrected chi connectivity index (χ4v) is 2.68. The van der Waals surface area contributed by atoms with Crippen LogP contribution >= 0.6 is 11.6 Å². The molecule has 0 fully saturated rings. The molecular formula is C13H21ClN2O2S. The summed E-state index contributed by atoms with van der Waals surface area (Å²) in [6, 6.07) is 6.82. The van der Waals surface area contributed by atoms with Crippen LogP contribution in [0.3, 0.4) is 0 Å². The van der Waals surface area contributed by atoms with Gasteiger partial charge in [0, 0.05) is 32.2 Å². The van der Waals surface area contributed by atoms with Crippen molar-refractivity contribution in [3.8, 4) is 0 Å². The average molecular weight is 305 g/mol. The zero-order chi connectivity index (χ0) is 14.3. The molecule has 6 heteroatoms. The maximum absolute atomic E-state index is 11.9. The molecule has 0 spiro atoms. The Hall–Kier alpha value is -0.780. The summed E-state index contributed by atoms with van der Waals surface area (Å²) in [5.74, 6) is 0.705. The van der Waals surface area contributed by atoms with Crippen LogP contribution < -0.4 is 5.32 Å². The average Bonchev–Trinajstić information content (AvgIpc) is 2.39. The number of rotatable bonds is 8. The molecule has 19 heavy (non-hydrogen) atoms. The number of halogens is 1. The maximum atomic E-state index is 11.9. The normalized spacial score (nSPS) is 11.8. The van der Waals surface area contributed by atoms with Crippen LogP contribution in [-0.4, -0.2) is 39.2 Å². The van der Waals surface area contributed by atoms with E-state index in [0.29, 0.717) is 10.8 Å². The highest BCUT2D eigenvalue weighted by Gasteiger charge is 2.16. The Labute approximate surface area is 120 Å². The molecule has 0 heterocycles. The van der Waals surface area contributed by atoms with Gasteiger partial charge in [0.1, 0.15) is 0 Å². The van der Waals surface area contributed by atoms with Crippen molar-refractivity contribution in [3.05, 3.63) is 24.3 Å². The van der Waals surface area contributed by atoms with Gasteiger partial charge in [0.25, 0.3) is 0 Å². The van der Waals surface area contributed by atoms with Gasteiger partial charge in [-0.15, -0.1) is 11.6 Å². The first-order chi connectivity index (χ1) is 8.98. The summed E-state index contributed by atoms with van der Waals surface area (Å²) in [7, 11) is -0.283.